The number of nitrogens with one attached hydrogen (secondary N) is 2. The van der Waals surface area contributed by atoms with Crippen molar-refractivity contribution in [2.45, 2.75) is 17.4 Å². The largest absolute Gasteiger partial charge is 0.495 e. The molecule has 0 spiro atoms. The van der Waals surface area contributed by atoms with Crippen LogP contribution in [0.5, 0.6) is 11.5 Å². The van der Waals surface area contributed by atoms with Crippen LogP contribution in [0.3, 0.4) is 0 Å². The van der Waals surface area contributed by atoms with E-state index in [1.807, 2.05) is 18.2 Å². The summed E-state index contributed by atoms with van der Waals surface area (Å²) in [7, 11) is -1.21. The monoisotopic (exact) mass is 508 g/mol. The lowest BCUT2D eigenvalue weighted by molar-refractivity contribution is -0.117. The first-order valence-corrected chi connectivity index (χ1v) is 12.0. The van der Waals surface area contributed by atoms with E-state index in [-0.39, 0.29) is 16.3 Å². The lowest BCUT2D eigenvalue weighted by atomic mass is 10.1. The first-order chi connectivity index (χ1) is 15.7. The van der Waals surface area contributed by atoms with Crippen molar-refractivity contribution >= 4 is 44.8 Å². The lowest BCUT2D eigenvalue weighted by Crippen LogP contribution is -2.45. The third-order valence-electron chi connectivity index (χ3n) is 4.75. The zero-order valence-electron chi connectivity index (χ0n) is 17.8. The Hall–Kier alpha value is -2.78. The van der Waals surface area contributed by atoms with Crippen molar-refractivity contribution in [2.24, 2.45) is 0 Å². The Morgan fingerprint density at radius 3 is 2.24 bits per heavy atom. The normalized spacial score (nSPS) is 12.1. The molecule has 0 fully saturated rings. The molecule has 0 radical (unpaired) electrons. The van der Waals surface area contributed by atoms with Gasteiger partial charge >= 0.3 is 0 Å². The highest BCUT2D eigenvalue weighted by atomic mass is 35.5. The van der Waals surface area contributed by atoms with Gasteiger partial charge < -0.3 is 14.8 Å². The van der Waals surface area contributed by atoms with Crippen LogP contribution in [-0.4, -0.2) is 34.6 Å². The van der Waals surface area contributed by atoms with Gasteiger partial charge in [0.05, 0.1) is 29.8 Å². The van der Waals surface area contributed by atoms with Crippen LogP contribution in [0.2, 0.25) is 10.0 Å². The average Bonchev–Trinajstić information content (AvgIpc) is 2.79. The number of carbonyl (C=O) groups excluding carboxylic acids is 1. The maximum Gasteiger partial charge on any atom is 0.243 e. The lowest BCUT2D eigenvalue weighted by Gasteiger charge is -2.20. The van der Waals surface area contributed by atoms with Gasteiger partial charge in [-0.1, -0.05) is 53.5 Å². The van der Waals surface area contributed by atoms with Crippen LogP contribution in [0.25, 0.3) is 0 Å². The number of anilines is 1. The molecule has 0 saturated heterocycles. The second-order valence-electron chi connectivity index (χ2n) is 6.99. The molecule has 0 unspecified atom stereocenters. The second kappa shape index (κ2) is 10.9. The molecule has 7 nitrogen and oxygen atoms in total. The van der Waals surface area contributed by atoms with Gasteiger partial charge in [-0.2, -0.15) is 4.72 Å². The van der Waals surface area contributed by atoms with Gasteiger partial charge in [0.2, 0.25) is 15.9 Å². The van der Waals surface area contributed by atoms with E-state index < -0.39 is 22.0 Å². The summed E-state index contributed by atoms with van der Waals surface area (Å²) in [5, 5.41) is 3.23. The number of rotatable bonds is 9. The molecule has 0 aliphatic rings. The third kappa shape index (κ3) is 6.39. The molecule has 0 bridgehead atoms. The van der Waals surface area contributed by atoms with Gasteiger partial charge in [0.15, 0.2) is 0 Å². The quantitative estimate of drug-likeness (QED) is 0.442. The molecule has 0 aromatic heterocycles. The zero-order valence-corrected chi connectivity index (χ0v) is 20.2. The fraction of sp³-hybridized carbons (Fsp3) is 0.174. The Morgan fingerprint density at radius 2 is 1.61 bits per heavy atom. The number of benzene rings is 3. The summed E-state index contributed by atoms with van der Waals surface area (Å²) >= 11 is 12.1. The molecular formula is C23H22Cl2N2O5S. The summed E-state index contributed by atoms with van der Waals surface area (Å²) in [6.45, 7) is 0. The van der Waals surface area contributed by atoms with Crippen molar-refractivity contribution in [3.63, 3.8) is 0 Å². The molecule has 10 heteroatoms. The van der Waals surface area contributed by atoms with Crippen molar-refractivity contribution in [1.82, 2.24) is 4.72 Å². The smallest absolute Gasteiger partial charge is 0.243 e. The van der Waals surface area contributed by atoms with Gasteiger partial charge in [-0.25, -0.2) is 8.42 Å². The first kappa shape index (κ1) is 24.9. The van der Waals surface area contributed by atoms with Gasteiger partial charge in [-0.05, 0) is 48.4 Å². The Balaban J connectivity index is 1.92. The van der Waals surface area contributed by atoms with Gasteiger partial charge in [0, 0.05) is 5.02 Å². The summed E-state index contributed by atoms with van der Waals surface area (Å²) in [5.74, 6) is 0.140. The number of methoxy groups -OCH3 is 2. The summed E-state index contributed by atoms with van der Waals surface area (Å²) in [6, 6.07) is 16.7. The van der Waals surface area contributed by atoms with E-state index in [9.17, 15) is 13.2 Å². The first-order valence-electron chi connectivity index (χ1n) is 9.77. The maximum absolute atomic E-state index is 13.2. The minimum atomic E-state index is -4.10. The number of carbonyl (C=O) groups is 1. The standard InChI is InChI=1S/C23H22Cl2N2O5S/c1-31-21-11-9-17(14-18(21)25)33(29,30)27-20(12-15-6-4-3-5-7-15)23(28)26-19-13-16(24)8-10-22(19)32-2/h3-11,13-14,20,27H,12H2,1-2H3,(H,26,28)/t20-/m1/s1. The highest BCUT2D eigenvalue weighted by molar-refractivity contribution is 7.89. The zero-order chi connectivity index (χ0) is 24.0. The predicted molar refractivity (Wildman–Crippen MR) is 129 cm³/mol. The average molecular weight is 509 g/mol. The number of amides is 1. The predicted octanol–water partition coefficient (Wildman–Crippen LogP) is 4.54. The molecule has 174 valence electrons. The molecule has 0 aliphatic heterocycles. The van der Waals surface area contributed by atoms with E-state index in [1.54, 1.807) is 24.3 Å². The fourth-order valence-corrected chi connectivity index (χ4v) is 4.82. The van der Waals surface area contributed by atoms with Gasteiger partial charge in [-0.15, -0.1) is 0 Å². The van der Waals surface area contributed by atoms with Crippen molar-refractivity contribution in [1.29, 1.82) is 0 Å². The minimum absolute atomic E-state index is 0.0977. The minimum Gasteiger partial charge on any atom is -0.495 e. The van der Waals surface area contributed by atoms with Crippen molar-refractivity contribution in [3.05, 3.63) is 82.3 Å². The van der Waals surface area contributed by atoms with Crippen LogP contribution < -0.4 is 19.5 Å². The molecule has 0 aliphatic carbocycles. The number of hydrogen-bond acceptors (Lipinski definition) is 5. The van der Waals surface area contributed by atoms with E-state index in [0.717, 1.165) is 5.56 Å². The van der Waals surface area contributed by atoms with E-state index in [0.29, 0.717) is 22.2 Å². The molecule has 33 heavy (non-hydrogen) atoms. The molecule has 3 rings (SSSR count). The van der Waals surface area contributed by atoms with Crippen molar-refractivity contribution in [3.8, 4) is 11.5 Å². The van der Waals surface area contributed by atoms with Crippen molar-refractivity contribution < 1.29 is 22.7 Å². The molecule has 0 heterocycles. The third-order valence-corrected chi connectivity index (χ3v) is 6.75. The van der Waals surface area contributed by atoms with Gasteiger partial charge in [0.25, 0.3) is 0 Å². The summed E-state index contributed by atoms with van der Waals surface area (Å²) in [6.07, 6.45) is 0.110. The summed E-state index contributed by atoms with van der Waals surface area (Å²) in [5.41, 5.74) is 1.09. The Bertz CT molecular complexity index is 1240. The Kier molecular flexibility index (Phi) is 8.20. The van der Waals surface area contributed by atoms with Crippen LogP contribution in [0.4, 0.5) is 5.69 Å². The Labute approximate surface area is 202 Å². The van der Waals surface area contributed by atoms with Gasteiger partial charge in [0.1, 0.15) is 17.5 Å². The molecular weight excluding hydrogens is 487 g/mol. The number of sulfonamides is 1. The maximum atomic E-state index is 13.2. The molecule has 1 amide bonds. The van der Waals surface area contributed by atoms with Crippen LogP contribution in [-0.2, 0) is 21.2 Å². The molecule has 3 aromatic rings. The molecule has 3 aromatic carbocycles. The molecule has 1 atom stereocenters. The van der Waals surface area contributed by atoms with Crippen molar-refractivity contribution in [2.75, 3.05) is 19.5 Å². The van der Waals surface area contributed by atoms with E-state index in [1.165, 1.54) is 38.5 Å². The van der Waals surface area contributed by atoms with E-state index in [4.69, 9.17) is 32.7 Å². The van der Waals surface area contributed by atoms with E-state index in [2.05, 4.69) is 10.0 Å². The highest BCUT2D eigenvalue weighted by Crippen LogP contribution is 2.29. The highest BCUT2D eigenvalue weighted by Gasteiger charge is 2.27. The van der Waals surface area contributed by atoms with Gasteiger partial charge in [-0.3, -0.25) is 4.79 Å². The molecule has 0 saturated carbocycles. The van der Waals surface area contributed by atoms with Crippen LogP contribution in [0.15, 0.2) is 71.6 Å². The number of hydrogen-bond donors (Lipinski definition) is 2. The number of halogens is 2. The van der Waals surface area contributed by atoms with E-state index >= 15 is 0 Å². The summed E-state index contributed by atoms with van der Waals surface area (Å²) < 4.78 is 39.0. The Morgan fingerprint density at radius 1 is 0.939 bits per heavy atom. The van der Waals surface area contributed by atoms with Crippen LogP contribution in [0, 0.1) is 0 Å². The van der Waals surface area contributed by atoms with Crippen LogP contribution >= 0.6 is 23.2 Å². The van der Waals surface area contributed by atoms with Crippen LogP contribution in [0.1, 0.15) is 5.56 Å². The fourth-order valence-electron chi connectivity index (χ4n) is 3.11. The number of ether oxygens (including phenoxy) is 2. The SMILES string of the molecule is COc1ccc(S(=O)(=O)N[C@H](Cc2ccccc2)C(=O)Nc2cc(Cl)ccc2OC)cc1Cl. The summed E-state index contributed by atoms with van der Waals surface area (Å²) in [4.78, 5) is 13.1. The topological polar surface area (TPSA) is 93.7 Å². The molecule has 2 N–H and O–H groups in total. The second-order valence-corrected chi connectivity index (χ2v) is 9.55.